The zero-order chi connectivity index (χ0) is 15.6. The molecular weight excluding hydrogens is 290 g/mol. The van der Waals surface area contributed by atoms with E-state index >= 15 is 0 Å². The van der Waals surface area contributed by atoms with E-state index in [0.717, 1.165) is 38.5 Å². The van der Waals surface area contributed by atoms with E-state index in [-0.39, 0.29) is 0 Å². The van der Waals surface area contributed by atoms with Crippen molar-refractivity contribution >= 4 is 0 Å². The smallest absolute Gasteiger partial charge is 0.165 e. The van der Waals surface area contributed by atoms with E-state index in [9.17, 15) is 0 Å². The summed E-state index contributed by atoms with van der Waals surface area (Å²) in [6.45, 7) is 7.38. The summed E-state index contributed by atoms with van der Waals surface area (Å²) in [7, 11) is 0. The largest absolute Gasteiger partial charge is 0.294 e. The molecule has 2 aromatic heterocycles. The molecule has 2 fully saturated rings. The van der Waals surface area contributed by atoms with Gasteiger partial charge >= 0.3 is 0 Å². The van der Waals surface area contributed by atoms with Crippen LogP contribution in [-0.4, -0.2) is 61.2 Å². The molecule has 1 atom stereocenters. The van der Waals surface area contributed by atoms with E-state index in [1.165, 1.54) is 18.4 Å². The van der Waals surface area contributed by atoms with E-state index in [0.29, 0.717) is 12.1 Å². The summed E-state index contributed by atoms with van der Waals surface area (Å²) < 4.78 is 2.02. The molecule has 0 aromatic carbocycles. The van der Waals surface area contributed by atoms with E-state index in [4.69, 9.17) is 0 Å². The molecule has 0 bridgehead atoms. The second-order valence-electron chi connectivity index (χ2n) is 6.55. The zero-order valence-corrected chi connectivity index (χ0v) is 13.5. The maximum absolute atomic E-state index is 4.24. The predicted molar refractivity (Wildman–Crippen MR) is 85.6 cm³/mol. The first-order chi connectivity index (χ1) is 11.3. The highest BCUT2D eigenvalue weighted by atomic mass is 15.6. The Labute approximate surface area is 136 Å². The lowest BCUT2D eigenvalue weighted by Crippen LogP contribution is -2.46. The molecule has 0 N–H and O–H groups in total. The third-order valence-electron chi connectivity index (χ3n) is 4.94. The van der Waals surface area contributed by atoms with Gasteiger partial charge in [0, 0.05) is 44.6 Å². The van der Waals surface area contributed by atoms with Gasteiger partial charge in [0.1, 0.15) is 0 Å². The summed E-state index contributed by atoms with van der Waals surface area (Å²) in [6, 6.07) is 5.14. The summed E-state index contributed by atoms with van der Waals surface area (Å²) in [4.78, 5) is 9.22. The van der Waals surface area contributed by atoms with Gasteiger partial charge in [0.2, 0.25) is 0 Å². The van der Waals surface area contributed by atoms with E-state index in [2.05, 4.69) is 43.3 Å². The molecule has 0 amide bonds. The van der Waals surface area contributed by atoms with Crippen LogP contribution in [0.25, 0.3) is 0 Å². The average Bonchev–Trinajstić information content (AvgIpc) is 3.35. The lowest BCUT2D eigenvalue weighted by molar-refractivity contribution is 0.0950. The van der Waals surface area contributed by atoms with Crippen molar-refractivity contribution in [1.29, 1.82) is 0 Å². The number of tetrazole rings is 1. The zero-order valence-electron chi connectivity index (χ0n) is 13.5. The summed E-state index contributed by atoms with van der Waals surface area (Å²) in [5.74, 6) is 1.02. The van der Waals surface area contributed by atoms with Gasteiger partial charge in [-0.2, -0.15) is 0 Å². The van der Waals surface area contributed by atoms with Crippen molar-refractivity contribution < 1.29 is 0 Å². The van der Waals surface area contributed by atoms with Crippen LogP contribution in [-0.2, 0) is 6.54 Å². The fourth-order valence-corrected chi connectivity index (χ4v) is 3.26. The first kappa shape index (κ1) is 14.7. The van der Waals surface area contributed by atoms with Gasteiger partial charge in [0.15, 0.2) is 5.82 Å². The Bertz CT molecular complexity index is 629. The molecule has 4 rings (SSSR count). The fraction of sp³-hybridized carbons (Fsp3) is 0.625. The van der Waals surface area contributed by atoms with E-state index < -0.39 is 0 Å². The quantitative estimate of drug-likeness (QED) is 0.829. The van der Waals surface area contributed by atoms with Crippen LogP contribution in [0.5, 0.6) is 0 Å². The molecule has 1 saturated heterocycles. The number of aromatic nitrogens is 5. The lowest BCUT2D eigenvalue weighted by Gasteiger charge is -2.37. The van der Waals surface area contributed by atoms with Gasteiger partial charge in [-0.3, -0.25) is 14.8 Å². The minimum absolute atomic E-state index is 0.419. The molecule has 0 radical (unpaired) electrons. The third-order valence-corrected chi connectivity index (χ3v) is 4.94. The minimum Gasteiger partial charge on any atom is -0.294 e. The maximum atomic E-state index is 4.24. The van der Waals surface area contributed by atoms with Crippen LogP contribution in [0, 0.1) is 0 Å². The number of nitrogens with zero attached hydrogens (tertiary/aromatic N) is 7. The van der Waals surface area contributed by atoms with Crippen molar-refractivity contribution in [3.63, 3.8) is 0 Å². The topological polar surface area (TPSA) is 63.0 Å². The molecule has 1 aliphatic carbocycles. The molecule has 0 spiro atoms. The number of pyridine rings is 1. The summed E-state index contributed by atoms with van der Waals surface area (Å²) in [5, 5.41) is 12.2. The molecule has 7 nitrogen and oxygen atoms in total. The second kappa shape index (κ2) is 6.33. The predicted octanol–water partition coefficient (Wildman–Crippen LogP) is 1.28. The standard InChI is InChI=1S/C16H23N7/c1-13(14-3-2-6-17-11-14)22-9-7-21(8-10-22)12-16-18-19-20-23(16)15-4-5-15/h2-3,6,11,13,15H,4-5,7-10,12H2,1H3. The first-order valence-electron chi connectivity index (χ1n) is 8.44. The number of hydrogen-bond acceptors (Lipinski definition) is 6. The van der Waals surface area contributed by atoms with Crippen LogP contribution in [0.4, 0.5) is 0 Å². The summed E-state index contributed by atoms with van der Waals surface area (Å²) >= 11 is 0. The van der Waals surface area contributed by atoms with Gasteiger partial charge in [0.25, 0.3) is 0 Å². The Morgan fingerprint density at radius 3 is 2.74 bits per heavy atom. The van der Waals surface area contributed by atoms with Crippen LogP contribution < -0.4 is 0 Å². The third kappa shape index (κ3) is 3.25. The van der Waals surface area contributed by atoms with Crippen molar-refractivity contribution in [2.75, 3.05) is 26.2 Å². The van der Waals surface area contributed by atoms with Crippen LogP contribution in [0.1, 0.15) is 43.2 Å². The van der Waals surface area contributed by atoms with Gasteiger partial charge in [-0.1, -0.05) is 6.07 Å². The highest BCUT2D eigenvalue weighted by Gasteiger charge is 2.29. The molecule has 122 valence electrons. The maximum Gasteiger partial charge on any atom is 0.165 e. The van der Waals surface area contributed by atoms with Crippen molar-refractivity contribution in [2.45, 2.75) is 38.4 Å². The molecule has 2 aliphatic rings. The number of hydrogen-bond donors (Lipinski definition) is 0. The van der Waals surface area contributed by atoms with Crippen molar-refractivity contribution in [1.82, 2.24) is 35.0 Å². The van der Waals surface area contributed by atoms with Gasteiger partial charge in [-0.25, -0.2) is 4.68 Å². The molecular formula is C16H23N7. The van der Waals surface area contributed by atoms with Crippen molar-refractivity contribution in [2.24, 2.45) is 0 Å². The Morgan fingerprint density at radius 2 is 2.04 bits per heavy atom. The first-order valence-corrected chi connectivity index (χ1v) is 8.44. The Morgan fingerprint density at radius 1 is 1.22 bits per heavy atom. The Kier molecular flexibility index (Phi) is 4.05. The highest BCUT2D eigenvalue weighted by molar-refractivity contribution is 5.13. The lowest BCUT2D eigenvalue weighted by atomic mass is 10.1. The Hall–Kier alpha value is -1.86. The molecule has 23 heavy (non-hydrogen) atoms. The summed E-state index contributed by atoms with van der Waals surface area (Å²) in [6.07, 6.45) is 6.24. The van der Waals surface area contributed by atoms with Crippen LogP contribution in [0.15, 0.2) is 24.5 Å². The molecule has 2 aromatic rings. The molecule has 1 unspecified atom stereocenters. The van der Waals surface area contributed by atoms with E-state index in [1.807, 2.05) is 23.1 Å². The van der Waals surface area contributed by atoms with Crippen LogP contribution in [0.3, 0.4) is 0 Å². The minimum atomic E-state index is 0.419. The van der Waals surface area contributed by atoms with E-state index in [1.54, 1.807) is 0 Å². The number of rotatable bonds is 5. The second-order valence-corrected chi connectivity index (χ2v) is 6.55. The molecule has 7 heteroatoms. The molecule has 1 aliphatic heterocycles. The summed E-state index contributed by atoms with van der Waals surface area (Å²) in [5.41, 5.74) is 1.29. The normalized spacial score (nSPS) is 21.4. The van der Waals surface area contributed by atoms with Gasteiger partial charge in [-0.05, 0) is 41.8 Å². The van der Waals surface area contributed by atoms with Crippen molar-refractivity contribution in [3.8, 4) is 0 Å². The monoisotopic (exact) mass is 313 g/mol. The Balaban J connectivity index is 1.33. The van der Waals surface area contributed by atoms with Crippen LogP contribution in [0.2, 0.25) is 0 Å². The van der Waals surface area contributed by atoms with Gasteiger partial charge in [-0.15, -0.1) is 5.10 Å². The van der Waals surface area contributed by atoms with Crippen LogP contribution >= 0.6 is 0 Å². The van der Waals surface area contributed by atoms with Gasteiger partial charge in [0.05, 0.1) is 12.6 Å². The fourth-order valence-electron chi connectivity index (χ4n) is 3.26. The highest BCUT2D eigenvalue weighted by Crippen LogP contribution is 2.34. The van der Waals surface area contributed by atoms with Gasteiger partial charge < -0.3 is 0 Å². The average molecular weight is 313 g/mol. The number of piperazine rings is 1. The van der Waals surface area contributed by atoms with Crippen molar-refractivity contribution in [3.05, 3.63) is 35.9 Å². The molecule has 3 heterocycles. The SMILES string of the molecule is CC(c1cccnc1)N1CCN(Cc2nnnn2C2CC2)CC1. The molecule has 1 saturated carbocycles.